The van der Waals surface area contributed by atoms with Crippen LogP contribution in [0.3, 0.4) is 0 Å². The summed E-state index contributed by atoms with van der Waals surface area (Å²) >= 11 is -2.86. The third-order valence-electron chi connectivity index (χ3n) is 0. The smallest absolute Gasteiger partial charge is 0.750 e. The summed E-state index contributed by atoms with van der Waals surface area (Å²) in [4.78, 5) is 0. The molecule has 0 amide bonds. The Labute approximate surface area is 86.4 Å². The minimum absolute atomic E-state index is 0. The Balaban J connectivity index is -0.0000000480. The van der Waals surface area contributed by atoms with Gasteiger partial charge in [-0.1, -0.05) is 0 Å². The molecule has 6 heteroatoms. The van der Waals surface area contributed by atoms with E-state index in [0.29, 0.717) is 0 Å². The zero-order valence-electron chi connectivity index (χ0n) is 3.62. The maximum atomic E-state index is 8.56. The Morgan fingerprint density at radius 3 is 1.71 bits per heavy atom. The molecule has 0 aromatic carbocycles. The Morgan fingerprint density at radius 2 is 1.71 bits per heavy atom. The van der Waals surface area contributed by atoms with Crippen molar-refractivity contribution in [2.75, 3.05) is 0 Å². The van der Waals surface area contributed by atoms with E-state index < -0.39 is 11.4 Å². The second-order valence-electron chi connectivity index (χ2n) is 0.217. The fourth-order valence-corrected chi connectivity index (χ4v) is 0. The SMILES string of the molecule is O=S([O-])O.[C-]#N.[K+]. The zero-order chi connectivity index (χ0) is 5.58. The van der Waals surface area contributed by atoms with Gasteiger partial charge in [-0.3, -0.25) is 0 Å². The normalized spacial score (nSPS) is 9.14. The van der Waals surface area contributed by atoms with Crippen molar-refractivity contribution in [2.24, 2.45) is 0 Å². The van der Waals surface area contributed by atoms with E-state index in [4.69, 9.17) is 25.1 Å². The molecule has 0 bridgehead atoms. The van der Waals surface area contributed by atoms with Crippen LogP contribution in [0.5, 0.6) is 0 Å². The predicted octanol–water partition coefficient (Wildman–Crippen LogP) is -3.56. The molecule has 0 spiro atoms. The molecule has 4 nitrogen and oxygen atoms in total. The molecule has 0 aliphatic rings. The van der Waals surface area contributed by atoms with Crippen LogP contribution in [0.25, 0.3) is 0 Å². The molecule has 0 aliphatic carbocycles. The number of hydrogen-bond donors (Lipinski definition) is 1. The van der Waals surface area contributed by atoms with Crippen LogP contribution in [0.2, 0.25) is 0 Å². The van der Waals surface area contributed by atoms with E-state index in [1.54, 1.807) is 0 Å². The quantitative estimate of drug-likeness (QED) is 0.218. The van der Waals surface area contributed by atoms with E-state index in [1.807, 2.05) is 0 Å². The number of rotatable bonds is 0. The molecule has 0 radical (unpaired) electrons. The fraction of sp³-hybridized carbons (Fsp3) is 0. The second-order valence-corrected chi connectivity index (χ2v) is 0.651. The maximum Gasteiger partial charge on any atom is 1.00 e. The van der Waals surface area contributed by atoms with Crippen molar-refractivity contribution in [3.8, 4) is 0 Å². The van der Waals surface area contributed by atoms with E-state index in [2.05, 4.69) is 0 Å². The van der Waals surface area contributed by atoms with Gasteiger partial charge in [0.15, 0.2) is 0 Å². The Bertz CT molecular complexity index is 59.2. The van der Waals surface area contributed by atoms with E-state index in [1.165, 1.54) is 0 Å². The molecular weight excluding hydrogens is 145 g/mol. The first-order chi connectivity index (χ1) is 2.73. The van der Waals surface area contributed by atoms with Crippen molar-refractivity contribution >= 4 is 11.4 Å². The zero-order valence-corrected chi connectivity index (χ0v) is 7.56. The molecule has 7 heavy (non-hydrogen) atoms. The first-order valence-electron chi connectivity index (χ1n) is 0.740. The van der Waals surface area contributed by atoms with Gasteiger partial charge in [0, 0.05) is 0 Å². The van der Waals surface area contributed by atoms with Crippen LogP contribution in [-0.4, -0.2) is 13.3 Å². The van der Waals surface area contributed by atoms with E-state index >= 15 is 0 Å². The summed E-state index contributed by atoms with van der Waals surface area (Å²) in [5, 5.41) is 6.25. The van der Waals surface area contributed by atoms with Gasteiger partial charge in [-0.05, 0) is 0 Å². The maximum absolute atomic E-state index is 8.56. The van der Waals surface area contributed by atoms with Crippen molar-refractivity contribution in [3.63, 3.8) is 0 Å². The van der Waals surface area contributed by atoms with Crippen LogP contribution in [0.4, 0.5) is 0 Å². The van der Waals surface area contributed by atoms with Crippen molar-refractivity contribution < 1.29 is 64.7 Å². The van der Waals surface area contributed by atoms with Crippen molar-refractivity contribution in [1.82, 2.24) is 0 Å². The summed E-state index contributed by atoms with van der Waals surface area (Å²) in [6, 6.07) is 0. The standard InChI is InChI=1S/CN.K.H2O3S/c1-2;;1-4(2)3/h;;(H2,1,2,3)/q-1;+1;/p-1. The first-order valence-corrected chi connectivity index (χ1v) is 1.77. The molecule has 0 saturated carbocycles. The Hall–Kier alpha value is 1.20. The van der Waals surface area contributed by atoms with Gasteiger partial charge >= 0.3 is 51.4 Å². The number of hydrogen-bond acceptors (Lipinski definition) is 3. The van der Waals surface area contributed by atoms with Crippen LogP contribution >= 0.6 is 0 Å². The first kappa shape index (κ1) is 15.7. The van der Waals surface area contributed by atoms with Crippen LogP contribution in [0.1, 0.15) is 0 Å². The van der Waals surface area contributed by atoms with E-state index in [-0.39, 0.29) is 51.4 Å². The summed E-state index contributed by atoms with van der Waals surface area (Å²) in [6.45, 7) is 4.75. The molecule has 0 heterocycles. The molecule has 1 atom stereocenters. The van der Waals surface area contributed by atoms with Gasteiger partial charge in [-0.2, -0.15) is 0 Å². The second kappa shape index (κ2) is 15.7. The topological polar surface area (TPSA) is 84.2 Å². The fourth-order valence-electron chi connectivity index (χ4n) is 0. The van der Waals surface area contributed by atoms with Crippen LogP contribution in [0, 0.1) is 11.8 Å². The van der Waals surface area contributed by atoms with Gasteiger partial charge in [0.2, 0.25) is 0 Å². The summed E-state index contributed by atoms with van der Waals surface area (Å²) in [5.74, 6) is 0. The van der Waals surface area contributed by atoms with E-state index in [9.17, 15) is 0 Å². The molecule has 1 unspecified atom stereocenters. The monoisotopic (exact) mass is 146 g/mol. The average molecular weight is 146 g/mol. The summed E-state index contributed by atoms with van der Waals surface area (Å²) in [7, 11) is 0. The Morgan fingerprint density at radius 1 is 1.71 bits per heavy atom. The Kier molecular flexibility index (Phi) is 35.2. The molecule has 0 aromatic rings. The van der Waals surface area contributed by atoms with Crippen LogP contribution < -0.4 is 51.4 Å². The van der Waals surface area contributed by atoms with Crippen molar-refractivity contribution in [2.45, 2.75) is 0 Å². The summed E-state index contributed by atoms with van der Waals surface area (Å²) in [6.07, 6.45) is 0. The minimum Gasteiger partial charge on any atom is -0.750 e. The molecule has 1 N–H and O–H groups in total. The predicted molar refractivity (Wildman–Crippen MR) is 16.5 cm³/mol. The molecular formula is CHKNO3S-. The van der Waals surface area contributed by atoms with Gasteiger partial charge in [0.1, 0.15) is 0 Å². The van der Waals surface area contributed by atoms with Gasteiger partial charge < -0.3 is 20.9 Å². The largest absolute Gasteiger partial charge is 1.00 e. The molecule has 0 rings (SSSR count). The summed E-state index contributed by atoms with van der Waals surface area (Å²) < 4.78 is 24.1. The number of nitrogens with zero attached hydrogens (tertiary/aromatic N) is 1. The van der Waals surface area contributed by atoms with E-state index in [0.717, 1.165) is 0 Å². The average Bonchev–Trinajstić information content (AvgIpc) is 1.41. The summed E-state index contributed by atoms with van der Waals surface area (Å²) in [5.41, 5.74) is 0. The molecule has 0 fully saturated rings. The third kappa shape index (κ3) is 136. The van der Waals surface area contributed by atoms with Gasteiger partial charge in [0.25, 0.3) is 0 Å². The van der Waals surface area contributed by atoms with Gasteiger partial charge in [-0.25, -0.2) is 4.21 Å². The van der Waals surface area contributed by atoms with Crippen molar-refractivity contribution in [1.29, 1.82) is 5.26 Å². The molecule has 0 aromatic heterocycles. The molecule has 36 valence electrons. The third-order valence-corrected chi connectivity index (χ3v) is 0. The van der Waals surface area contributed by atoms with Gasteiger partial charge in [0.05, 0.1) is 11.4 Å². The molecule has 0 saturated heterocycles. The van der Waals surface area contributed by atoms with Crippen LogP contribution in [0.15, 0.2) is 0 Å². The van der Waals surface area contributed by atoms with Gasteiger partial charge in [-0.15, -0.1) is 0 Å². The minimum atomic E-state index is -2.86. The van der Waals surface area contributed by atoms with Crippen molar-refractivity contribution in [3.05, 3.63) is 6.57 Å². The molecule has 0 aliphatic heterocycles. The van der Waals surface area contributed by atoms with Crippen LogP contribution in [-0.2, 0) is 11.4 Å².